The number of rotatable bonds is 3. The van der Waals surface area contributed by atoms with E-state index in [1.165, 1.54) is 32.1 Å². The molecule has 2 nitrogen and oxygen atoms in total. The van der Waals surface area contributed by atoms with Gasteiger partial charge in [-0.2, -0.15) is 0 Å². The first-order chi connectivity index (χ1) is 7.12. The zero-order valence-corrected chi connectivity index (χ0v) is 10.2. The quantitative estimate of drug-likeness (QED) is 0.778. The minimum atomic E-state index is 0.243. The Hall–Kier alpha value is -0.0800. The molecule has 2 heteroatoms. The van der Waals surface area contributed by atoms with E-state index in [0.717, 1.165) is 25.7 Å². The minimum Gasteiger partial charge on any atom is -0.380 e. The summed E-state index contributed by atoms with van der Waals surface area (Å²) in [7, 11) is 0. The highest BCUT2D eigenvalue weighted by Gasteiger charge is 2.54. The maximum absolute atomic E-state index is 5.95. The number of hydrogen-bond acceptors (Lipinski definition) is 2. The van der Waals surface area contributed by atoms with Gasteiger partial charge in [0.05, 0.1) is 13.2 Å². The van der Waals surface area contributed by atoms with Crippen molar-refractivity contribution in [2.45, 2.75) is 46.0 Å². The van der Waals surface area contributed by atoms with Crippen molar-refractivity contribution >= 4 is 0 Å². The molecule has 1 heterocycles. The molecule has 0 aromatic rings. The molecule has 0 amide bonds. The Bertz CT molecular complexity index is 215. The van der Waals surface area contributed by atoms with Crippen LogP contribution >= 0.6 is 0 Å². The zero-order valence-electron chi connectivity index (χ0n) is 10.2. The summed E-state index contributed by atoms with van der Waals surface area (Å²) in [5, 5.41) is 0. The van der Waals surface area contributed by atoms with Gasteiger partial charge in [0.25, 0.3) is 0 Å². The lowest BCUT2D eigenvalue weighted by Crippen LogP contribution is -2.60. The van der Waals surface area contributed by atoms with Crippen molar-refractivity contribution in [2.75, 3.05) is 19.8 Å². The van der Waals surface area contributed by atoms with E-state index in [2.05, 4.69) is 13.8 Å². The maximum Gasteiger partial charge on any atom is 0.0553 e. The van der Waals surface area contributed by atoms with Gasteiger partial charge < -0.3 is 10.5 Å². The lowest BCUT2D eigenvalue weighted by atomic mass is 9.54. The van der Waals surface area contributed by atoms with Gasteiger partial charge in [-0.05, 0) is 30.7 Å². The van der Waals surface area contributed by atoms with Gasteiger partial charge in [-0.15, -0.1) is 0 Å². The predicted octanol–water partition coefficient (Wildman–Crippen LogP) is 2.57. The van der Waals surface area contributed by atoms with Crippen molar-refractivity contribution in [3.05, 3.63) is 0 Å². The third-order valence-corrected chi connectivity index (χ3v) is 4.96. The fourth-order valence-electron chi connectivity index (χ4n) is 3.36. The molecule has 0 bridgehead atoms. The van der Waals surface area contributed by atoms with E-state index < -0.39 is 0 Å². The van der Waals surface area contributed by atoms with E-state index >= 15 is 0 Å². The summed E-state index contributed by atoms with van der Waals surface area (Å²) in [6.45, 7) is 7.32. The van der Waals surface area contributed by atoms with Gasteiger partial charge in [-0.25, -0.2) is 0 Å². The van der Waals surface area contributed by atoms with Crippen molar-refractivity contribution < 1.29 is 4.74 Å². The maximum atomic E-state index is 5.95. The second-order valence-corrected chi connectivity index (χ2v) is 6.07. The first-order valence-corrected chi connectivity index (χ1v) is 6.40. The van der Waals surface area contributed by atoms with Crippen LogP contribution < -0.4 is 5.73 Å². The van der Waals surface area contributed by atoms with Crippen molar-refractivity contribution in [3.8, 4) is 0 Å². The van der Waals surface area contributed by atoms with Crippen molar-refractivity contribution in [1.29, 1.82) is 0 Å². The molecule has 0 aromatic carbocycles. The van der Waals surface area contributed by atoms with Crippen LogP contribution in [-0.2, 0) is 4.74 Å². The fourth-order valence-corrected chi connectivity index (χ4v) is 3.36. The smallest absolute Gasteiger partial charge is 0.0553 e. The van der Waals surface area contributed by atoms with Gasteiger partial charge in [-0.1, -0.05) is 33.1 Å². The summed E-state index contributed by atoms with van der Waals surface area (Å²) in [5.41, 5.74) is 6.59. The van der Waals surface area contributed by atoms with Crippen LogP contribution in [0.25, 0.3) is 0 Å². The molecule has 1 aliphatic carbocycles. The van der Waals surface area contributed by atoms with E-state index in [1.807, 2.05) is 0 Å². The molecular formula is C13H25NO. The summed E-state index contributed by atoms with van der Waals surface area (Å²) in [5.74, 6) is 0.860. The first kappa shape index (κ1) is 11.4. The molecule has 0 unspecified atom stereocenters. The topological polar surface area (TPSA) is 35.2 Å². The second-order valence-electron chi connectivity index (χ2n) is 6.07. The lowest BCUT2D eigenvalue weighted by Gasteiger charge is -2.57. The average molecular weight is 211 g/mol. The molecule has 0 radical (unpaired) electrons. The van der Waals surface area contributed by atoms with Gasteiger partial charge in [0, 0.05) is 5.41 Å². The Morgan fingerprint density at radius 1 is 1.20 bits per heavy atom. The molecule has 2 aliphatic rings. The Labute approximate surface area is 93.6 Å². The van der Waals surface area contributed by atoms with Crippen LogP contribution in [0.4, 0.5) is 0 Å². The third-order valence-electron chi connectivity index (χ3n) is 4.96. The summed E-state index contributed by atoms with van der Waals surface area (Å²) < 4.78 is 5.52. The molecule has 1 saturated heterocycles. The lowest BCUT2D eigenvalue weighted by molar-refractivity contribution is -0.209. The van der Waals surface area contributed by atoms with E-state index in [9.17, 15) is 0 Å². The summed E-state index contributed by atoms with van der Waals surface area (Å²) in [4.78, 5) is 0. The molecule has 0 spiro atoms. The minimum absolute atomic E-state index is 0.243. The summed E-state index contributed by atoms with van der Waals surface area (Å²) >= 11 is 0. The van der Waals surface area contributed by atoms with Crippen molar-refractivity contribution in [2.24, 2.45) is 22.5 Å². The third kappa shape index (κ3) is 1.72. The summed E-state index contributed by atoms with van der Waals surface area (Å²) in [6.07, 6.45) is 7.04. The second kappa shape index (κ2) is 4.06. The van der Waals surface area contributed by atoms with Crippen LogP contribution in [0.5, 0.6) is 0 Å². The molecule has 0 aromatic heterocycles. The Morgan fingerprint density at radius 3 is 2.20 bits per heavy atom. The zero-order chi connectivity index (χ0) is 10.9. The Morgan fingerprint density at radius 2 is 1.80 bits per heavy atom. The van der Waals surface area contributed by atoms with Gasteiger partial charge in [0.1, 0.15) is 0 Å². The van der Waals surface area contributed by atoms with E-state index in [-0.39, 0.29) is 5.41 Å². The predicted molar refractivity (Wildman–Crippen MR) is 62.7 cm³/mol. The SMILES string of the molecule is CC(C)(CN)C1(C2CCCCC2)COC1. The average Bonchev–Trinajstić information content (AvgIpc) is 2.17. The van der Waals surface area contributed by atoms with Crippen LogP contribution in [0.15, 0.2) is 0 Å². The fraction of sp³-hybridized carbons (Fsp3) is 1.00. The van der Waals surface area contributed by atoms with Gasteiger partial charge in [0.2, 0.25) is 0 Å². The number of hydrogen-bond donors (Lipinski definition) is 1. The number of ether oxygens (including phenoxy) is 1. The van der Waals surface area contributed by atoms with Crippen molar-refractivity contribution in [3.63, 3.8) is 0 Å². The highest BCUT2D eigenvalue weighted by molar-refractivity contribution is 5.02. The molecule has 15 heavy (non-hydrogen) atoms. The first-order valence-electron chi connectivity index (χ1n) is 6.40. The highest BCUT2D eigenvalue weighted by Crippen LogP contribution is 2.54. The van der Waals surface area contributed by atoms with E-state index in [1.54, 1.807) is 0 Å². The van der Waals surface area contributed by atoms with Gasteiger partial charge >= 0.3 is 0 Å². The van der Waals surface area contributed by atoms with Crippen LogP contribution in [0.1, 0.15) is 46.0 Å². The molecule has 1 saturated carbocycles. The normalized spacial score (nSPS) is 27.4. The molecule has 2 N–H and O–H groups in total. The largest absolute Gasteiger partial charge is 0.380 e. The standard InChI is InChI=1S/C13H25NO/c1-12(2,8-14)13(9-15-10-13)11-6-4-3-5-7-11/h11H,3-10,14H2,1-2H3. The van der Waals surface area contributed by atoms with E-state index in [0.29, 0.717) is 5.41 Å². The van der Waals surface area contributed by atoms with Crippen LogP contribution in [0.2, 0.25) is 0 Å². The number of nitrogens with two attached hydrogens (primary N) is 1. The van der Waals surface area contributed by atoms with Gasteiger partial charge in [0.15, 0.2) is 0 Å². The monoisotopic (exact) mass is 211 g/mol. The molecule has 0 atom stereocenters. The molecule has 1 aliphatic heterocycles. The Kier molecular flexibility index (Phi) is 3.09. The molecule has 2 rings (SSSR count). The van der Waals surface area contributed by atoms with Crippen LogP contribution in [0.3, 0.4) is 0 Å². The Balaban J connectivity index is 2.13. The van der Waals surface area contributed by atoms with Crippen molar-refractivity contribution in [1.82, 2.24) is 0 Å². The molecular weight excluding hydrogens is 186 g/mol. The van der Waals surface area contributed by atoms with Crippen LogP contribution in [0, 0.1) is 16.7 Å². The molecule has 88 valence electrons. The highest BCUT2D eigenvalue weighted by atomic mass is 16.5. The summed E-state index contributed by atoms with van der Waals surface area (Å²) in [6, 6.07) is 0. The van der Waals surface area contributed by atoms with E-state index in [4.69, 9.17) is 10.5 Å². The molecule has 2 fully saturated rings. The van der Waals surface area contributed by atoms with Crippen LogP contribution in [-0.4, -0.2) is 19.8 Å². The van der Waals surface area contributed by atoms with Gasteiger partial charge in [-0.3, -0.25) is 0 Å².